The predicted molar refractivity (Wildman–Crippen MR) is 121 cm³/mol. The largest absolute Gasteiger partial charge is 0.368 e. The summed E-state index contributed by atoms with van der Waals surface area (Å²) in [6.07, 6.45) is 6.47. The van der Waals surface area contributed by atoms with E-state index in [-0.39, 0.29) is 17.4 Å². The first-order valence-electron chi connectivity index (χ1n) is 10.7. The number of benzene rings is 2. The van der Waals surface area contributed by atoms with Crippen molar-refractivity contribution in [1.29, 1.82) is 0 Å². The van der Waals surface area contributed by atoms with Crippen molar-refractivity contribution >= 4 is 16.8 Å². The molecule has 2 N–H and O–H groups in total. The average Bonchev–Trinajstić information content (AvgIpc) is 3.09. The number of amides is 1. The fraction of sp³-hybridized carbons (Fsp3) is 0.346. The zero-order chi connectivity index (χ0) is 21.0. The standard InChI is InChI=1S/C26H30N2O2/c1-26(2)14-12-20(30-18-19-8-4-3-5-9-19)17-27-25(29)16-22-21-10-6-7-11-23(21)28-24(22)13-15-26/h3-12,14,20,28H,13,15-18H2,1-2H3,(H,27,29)/b14-12-. The van der Waals surface area contributed by atoms with Crippen molar-refractivity contribution in [3.8, 4) is 0 Å². The molecule has 4 nitrogen and oxygen atoms in total. The van der Waals surface area contributed by atoms with Gasteiger partial charge in [0.2, 0.25) is 5.91 Å². The predicted octanol–water partition coefficient (Wildman–Crippen LogP) is 4.94. The number of allylic oxidation sites excluding steroid dienone is 1. The Morgan fingerprint density at radius 3 is 2.67 bits per heavy atom. The van der Waals surface area contributed by atoms with Crippen LogP contribution < -0.4 is 5.32 Å². The van der Waals surface area contributed by atoms with Crippen molar-refractivity contribution in [2.45, 2.75) is 45.8 Å². The van der Waals surface area contributed by atoms with Gasteiger partial charge in [0.05, 0.1) is 19.1 Å². The van der Waals surface area contributed by atoms with Crippen LogP contribution in [-0.4, -0.2) is 23.5 Å². The second-order valence-electron chi connectivity index (χ2n) is 8.79. The Labute approximate surface area is 178 Å². The van der Waals surface area contributed by atoms with E-state index in [1.165, 1.54) is 5.69 Å². The summed E-state index contributed by atoms with van der Waals surface area (Å²) in [5.74, 6) is 0.0301. The number of H-pyrrole nitrogens is 1. The number of carbonyl (C=O) groups is 1. The summed E-state index contributed by atoms with van der Waals surface area (Å²) in [6.45, 7) is 5.50. The molecule has 4 heteroatoms. The molecule has 1 aromatic heterocycles. The van der Waals surface area contributed by atoms with Crippen molar-refractivity contribution in [3.63, 3.8) is 0 Å². The van der Waals surface area contributed by atoms with Gasteiger partial charge in [0.1, 0.15) is 0 Å². The van der Waals surface area contributed by atoms with Crippen molar-refractivity contribution in [2.24, 2.45) is 5.41 Å². The van der Waals surface area contributed by atoms with E-state index in [1.54, 1.807) is 0 Å². The summed E-state index contributed by atoms with van der Waals surface area (Å²) in [7, 11) is 0. The molecule has 30 heavy (non-hydrogen) atoms. The van der Waals surface area contributed by atoms with Crippen molar-refractivity contribution < 1.29 is 9.53 Å². The second-order valence-corrected chi connectivity index (χ2v) is 8.79. The van der Waals surface area contributed by atoms with Crippen molar-refractivity contribution in [2.75, 3.05) is 6.54 Å². The van der Waals surface area contributed by atoms with E-state index in [2.05, 4.69) is 60.6 Å². The Kier molecular flexibility index (Phi) is 6.05. The van der Waals surface area contributed by atoms with Gasteiger partial charge in [-0.15, -0.1) is 0 Å². The van der Waals surface area contributed by atoms with Crippen LogP contribution in [0.5, 0.6) is 0 Å². The first-order chi connectivity index (χ1) is 14.5. The molecule has 156 valence electrons. The highest BCUT2D eigenvalue weighted by Crippen LogP contribution is 2.29. The third-order valence-corrected chi connectivity index (χ3v) is 5.83. The minimum Gasteiger partial charge on any atom is -0.368 e. The molecule has 2 aromatic carbocycles. The zero-order valence-corrected chi connectivity index (χ0v) is 17.8. The molecule has 0 radical (unpaired) electrons. The lowest BCUT2D eigenvalue weighted by atomic mass is 9.85. The molecule has 1 amide bonds. The molecule has 1 unspecified atom stereocenters. The van der Waals surface area contributed by atoms with E-state index in [9.17, 15) is 4.79 Å². The Hall–Kier alpha value is -2.85. The normalized spacial score (nSPS) is 20.6. The molecule has 0 aliphatic carbocycles. The summed E-state index contributed by atoms with van der Waals surface area (Å²) >= 11 is 0. The highest BCUT2D eigenvalue weighted by Gasteiger charge is 2.21. The maximum absolute atomic E-state index is 12.7. The summed E-state index contributed by atoms with van der Waals surface area (Å²) in [6, 6.07) is 18.4. The van der Waals surface area contributed by atoms with E-state index in [0.29, 0.717) is 19.6 Å². The number of ether oxygens (including phenoxy) is 1. The highest BCUT2D eigenvalue weighted by molar-refractivity contribution is 5.90. The number of rotatable bonds is 3. The molecule has 3 aromatic rings. The van der Waals surface area contributed by atoms with Gasteiger partial charge < -0.3 is 15.0 Å². The number of para-hydroxylation sites is 1. The third-order valence-electron chi connectivity index (χ3n) is 5.83. The van der Waals surface area contributed by atoms with Gasteiger partial charge in [-0.3, -0.25) is 4.79 Å². The molecule has 1 aliphatic heterocycles. The van der Waals surface area contributed by atoms with E-state index < -0.39 is 0 Å². The van der Waals surface area contributed by atoms with Gasteiger partial charge in [0.15, 0.2) is 0 Å². The number of nitrogens with one attached hydrogen (secondary N) is 2. The van der Waals surface area contributed by atoms with Gasteiger partial charge in [-0.25, -0.2) is 0 Å². The van der Waals surface area contributed by atoms with Crippen LogP contribution in [0.3, 0.4) is 0 Å². The summed E-state index contributed by atoms with van der Waals surface area (Å²) in [5, 5.41) is 4.22. The van der Waals surface area contributed by atoms with Crippen LogP contribution in [0.1, 0.15) is 37.1 Å². The van der Waals surface area contributed by atoms with Crippen molar-refractivity contribution in [1.82, 2.24) is 10.3 Å². The van der Waals surface area contributed by atoms with E-state index in [4.69, 9.17) is 4.74 Å². The topological polar surface area (TPSA) is 54.1 Å². The Bertz CT molecular complexity index is 1030. The lowest BCUT2D eigenvalue weighted by Gasteiger charge is -2.23. The van der Waals surface area contributed by atoms with Crippen LogP contribution in [0, 0.1) is 5.41 Å². The first-order valence-corrected chi connectivity index (χ1v) is 10.7. The van der Waals surface area contributed by atoms with Gasteiger partial charge in [-0.05, 0) is 35.4 Å². The first kappa shape index (κ1) is 20.4. The number of fused-ring (bicyclic) bond motifs is 3. The molecule has 1 atom stereocenters. The maximum atomic E-state index is 12.7. The number of aromatic nitrogens is 1. The quantitative estimate of drug-likeness (QED) is 0.610. The molecule has 0 saturated heterocycles. The van der Waals surface area contributed by atoms with Crippen molar-refractivity contribution in [3.05, 3.63) is 83.6 Å². The van der Waals surface area contributed by atoms with Crippen LogP contribution in [0.15, 0.2) is 66.7 Å². The van der Waals surface area contributed by atoms with Crippen LogP contribution in [0.4, 0.5) is 0 Å². The maximum Gasteiger partial charge on any atom is 0.224 e. The summed E-state index contributed by atoms with van der Waals surface area (Å²) in [5.41, 5.74) is 4.55. The van der Waals surface area contributed by atoms with Gasteiger partial charge in [0.25, 0.3) is 0 Å². The van der Waals surface area contributed by atoms with Gasteiger partial charge >= 0.3 is 0 Å². The van der Waals surface area contributed by atoms with E-state index in [0.717, 1.165) is 34.9 Å². The minimum absolute atomic E-state index is 0.0301. The highest BCUT2D eigenvalue weighted by atomic mass is 16.5. The minimum atomic E-state index is -0.157. The lowest BCUT2D eigenvalue weighted by molar-refractivity contribution is -0.121. The second kappa shape index (κ2) is 8.88. The smallest absolute Gasteiger partial charge is 0.224 e. The SMILES string of the molecule is CC1(C)/C=C\C(OCc2ccccc2)CNC(=O)Cc2c([nH]c3ccccc23)CC1. The fourth-order valence-corrected chi connectivity index (χ4v) is 3.97. The number of aromatic amines is 1. The molecular formula is C26H30N2O2. The fourth-order valence-electron chi connectivity index (χ4n) is 3.97. The number of hydrogen-bond acceptors (Lipinski definition) is 2. The number of carbonyl (C=O) groups excluding carboxylic acids is 1. The molecule has 0 spiro atoms. The lowest BCUT2D eigenvalue weighted by Crippen LogP contribution is -2.34. The molecule has 0 saturated carbocycles. The Morgan fingerprint density at radius 1 is 1.07 bits per heavy atom. The van der Waals surface area contributed by atoms with Gasteiger partial charge in [-0.1, -0.05) is 74.5 Å². The van der Waals surface area contributed by atoms with Gasteiger partial charge in [-0.2, -0.15) is 0 Å². The number of hydrogen-bond donors (Lipinski definition) is 2. The van der Waals surface area contributed by atoms with E-state index >= 15 is 0 Å². The monoisotopic (exact) mass is 402 g/mol. The van der Waals surface area contributed by atoms with Crippen LogP contribution in [-0.2, 0) is 29.0 Å². The number of aryl methyl sites for hydroxylation is 1. The van der Waals surface area contributed by atoms with Gasteiger partial charge in [0, 0.05) is 23.1 Å². The third kappa shape index (κ3) is 5.00. The average molecular weight is 403 g/mol. The van der Waals surface area contributed by atoms with Crippen LogP contribution in [0.2, 0.25) is 0 Å². The molecular weight excluding hydrogens is 372 g/mol. The van der Waals surface area contributed by atoms with Crippen LogP contribution >= 0.6 is 0 Å². The zero-order valence-electron chi connectivity index (χ0n) is 17.8. The Morgan fingerprint density at radius 2 is 1.83 bits per heavy atom. The molecule has 0 fully saturated rings. The summed E-state index contributed by atoms with van der Waals surface area (Å²) in [4.78, 5) is 16.3. The summed E-state index contributed by atoms with van der Waals surface area (Å²) < 4.78 is 6.13. The van der Waals surface area contributed by atoms with E-state index in [1.807, 2.05) is 30.3 Å². The Balaban J connectivity index is 1.55. The molecule has 0 bridgehead atoms. The molecule has 2 heterocycles. The molecule has 4 rings (SSSR count). The van der Waals surface area contributed by atoms with Crippen LogP contribution in [0.25, 0.3) is 10.9 Å². The molecule has 1 aliphatic rings.